The smallest absolute Gasteiger partial charge is 0.255 e. The van der Waals surface area contributed by atoms with E-state index in [4.69, 9.17) is 0 Å². The number of aromatic nitrogens is 2. The van der Waals surface area contributed by atoms with Crippen LogP contribution in [0.1, 0.15) is 15.9 Å². The van der Waals surface area contributed by atoms with Crippen molar-refractivity contribution in [3.8, 4) is 5.75 Å². The minimum Gasteiger partial charge on any atom is -0.507 e. The largest absolute Gasteiger partial charge is 0.507 e. The van der Waals surface area contributed by atoms with E-state index in [9.17, 15) is 9.90 Å². The Kier molecular flexibility index (Phi) is 3.62. The molecule has 1 heterocycles. The lowest BCUT2D eigenvalue weighted by molar-refractivity contribution is 0.0949. The van der Waals surface area contributed by atoms with Gasteiger partial charge in [-0.3, -0.25) is 4.79 Å². The summed E-state index contributed by atoms with van der Waals surface area (Å²) in [6.07, 6.45) is 5.21. The van der Waals surface area contributed by atoms with Crippen molar-refractivity contribution in [3.63, 3.8) is 0 Å². The summed E-state index contributed by atoms with van der Waals surface area (Å²) in [7, 11) is 0. The van der Waals surface area contributed by atoms with Crippen molar-refractivity contribution in [1.82, 2.24) is 14.9 Å². The zero-order valence-electron chi connectivity index (χ0n) is 10.1. The average Bonchev–Trinajstić information content (AvgIpc) is 2.81. The third-order valence-corrected chi connectivity index (χ3v) is 2.61. The van der Waals surface area contributed by atoms with Gasteiger partial charge >= 0.3 is 0 Å². The first-order chi connectivity index (χ1) is 8.66. The fourth-order valence-electron chi connectivity index (χ4n) is 1.65. The van der Waals surface area contributed by atoms with Crippen molar-refractivity contribution in [2.24, 2.45) is 0 Å². The number of rotatable bonds is 4. The highest BCUT2D eigenvalue weighted by molar-refractivity contribution is 5.96. The van der Waals surface area contributed by atoms with Crippen molar-refractivity contribution in [3.05, 3.63) is 48.0 Å². The Balaban J connectivity index is 1.91. The molecule has 0 bridgehead atoms. The number of aryl methyl sites for hydroxylation is 1. The van der Waals surface area contributed by atoms with E-state index >= 15 is 0 Å². The molecule has 0 saturated heterocycles. The molecular formula is C13H15N3O2. The molecule has 1 aromatic heterocycles. The lowest BCUT2D eigenvalue weighted by Crippen LogP contribution is -2.27. The molecule has 0 spiro atoms. The molecular weight excluding hydrogens is 230 g/mol. The van der Waals surface area contributed by atoms with Crippen LogP contribution in [0.4, 0.5) is 0 Å². The number of carbonyl (C=O) groups is 1. The summed E-state index contributed by atoms with van der Waals surface area (Å²) in [5.41, 5.74) is 1.22. The Hall–Kier alpha value is -2.30. The SMILES string of the molecule is Cc1ccc(C(=O)NCCn2ccnc2)c(O)c1. The highest BCUT2D eigenvalue weighted by atomic mass is 16.3. The second kappa shape index (κ2) is 5.35. The van der Waals surface area contributed by atoms with Crippen molar-refractivity contribution >= 4 is 5.91 Å². The third-order valence-electron chi connectivity index (χ3n) is 2.61. The van der Waals surface area contributed by atoms with E-state index in [0.29, 0.717) is 18.7 Å². The summed E-state index contributed by atoms with van der Waals surface area (Å²) in [6.45, 7) is 3.00. The Bertz CT molecular complexity index is 535. The molecule has 0 unspecified atom stereocenters. The maximum Gasteiger partial charge on any atom is 0.255 e. The number of nitrogens with one attached hydrogen (secondary N) is 1. The van der Waals surface area contributed by atoms with Crippen LogP contribution in [0.15, 0.2) is 36.9 Å². The van der Waals surface area contributed by atoms with Crippen LogP contribution >= 0.6 is 0 Å². The van der Waals surface area contributed by atoms with Gasteiger partial charge in [0.2, 0.25) is 0 Å². The predicted octanol–water partition coefficient (Wildman–Crippen LogP) is 1.33. The van der Waals surface area contributed by atoms with E-state index in [1.807, 2.05) is 17.7 Å². The molecule has 5 heteroatoms. The topological polar surface area (TPSA) is 67.2 Å². The predicted molar refractivity (Wildman–Crippen MR) is 67.4 cm³/mol. The number of carbonyl (C=O) groups excluding carboxylic acids is 1. The van der Waals surface area contributed by atoms with Crippen molar-refractivity contribution in [2.45, 2.75) is 13.5 Å². The molecule has 2 aromatic rings. The summed E-state index contributed by atoms with van der Waals surface area (Å²) in [5.74, 6) is -0.261. The number of phenolic OH excluding ortho intramolecular Hbond substituents is 1. The number of hydrogen-bond donors (Lipinski definition) is 2. The summed E-state index contributed by atoms with van der Waals surface area (Å²) in [6, 6.07) is 4.99. The van der Waals surface area contributed by atoms with Crippen molar-refractivity contribution in [2.75, 3.05) is 6.54 Å². The van der Waals surface area contributed by atoms with E-state index in [2.05, 4.69) is 10.3 Å². The quantitative estimate of drug-likeness (QED) is 0.853. The van der Waals surface area contributed by atoms with Gasteiger partial charge in [-0.2, -0.15) is 0 Å². The zero-order valence-corrected chi connectivity index (χ0v) is 10.1. The van der Waals surface area contributed by atoms with E-state index in [1.54, 1.807) is 30.7 Å². The van der Waals surface area contributed by atoms with E-state index in [1.165, 1.54) is 0 Å². The van der Waals surface area contributed by atoms with E-state index in [-0.39, 0.29) is 11.7 Å². The summed E-state index contributed by atoms with van der Waals surface area (Å²) in [4.78, 5) is 15.7. The minimum absolute atomic E-state index is 0.00938. The van der Waals surface area contributed by atoms with E-state index < -0.39 is 0 Å². The first-order valence-electron chi connectivity index (χ1n) is 5.70. The maximum absolute atomic E-state index is 11.8. The monoisotopic (exact) mass is 245 g/mol. The van der Waals surface area contributed by atoms with Crippen LogP contribution in [-0.2, 0) is 6.54 Å². The van der Waals surface area contributed by atoms with Gasteiger partial charge in [-0.1, -0.05) is 6.07 Å². The van der Waals surface area contributed by atoms with Crippen molar-refractivity contribution < 1.29 is 9.90 Å². The number of hydrogen-bond acceptors (Lipinski definition) is 3. The number of benzene rings is 1. The van der Waals surface area contributed by atoms with E-state index in [0.717, 1.165) is 5.56 Å². The maximum atomic E-state index is 11.8. The molecule has 5 nitrogen and oxygen atoms in total. The molecule has 0 aliphatic carbocycles. The van der Waals surface area contributed by atoms with Crippen LogP contribution in [-0.4, -0.2) is 27.1 Å². The van der Waals surface area contributed by atoms with Crippen molar-refractivity contribution in [1.29, 1.82) is 0 Å². The van der Waals surface area contributed by atoms with Gasteiger partial charge in [0.05, 0.1) is 11.9 Å². The van der Waals surface area contributed by atoms with Gasteiger partial charge in [0, 0.05) is 25.5 Å². The Morgan fingerprint density at radius 3 is 3.00 bits per heavy atom. The number of nitrogens with zero attached hydrogens (tertiary/aromatic N) is 2. The van der Waals surface area contributed by atoms with Crippen LogP contribution in [0.3, 0.4) is 0 Å². The minimum atomic E-state index is -0.271. The molecule has 0 radical (unpaired) electrons. The molecule has 2 N–H and O–H groups in total. The molecule has 0 aliphatic heterocycles. The Morgan fingerprint density at radius 1 is 1.50 bits per heavy atom. The average molecular weight is 245 g/mol. The molecule has 0 atom stereocenters. The van der Waals surface area contributed by atoms with Crippen LogP contribution in [0.2, 0.25) is 0 Å². The molecule has 18 heavy (non-hydrogen) atoms. The normalized spacial score (nSPS) is 10.3. The summed E-state index contributed by atoms with van der Waals surface area (Å²) >= 11 is 0. The van der Waals surface area contributed by atoms with Gasteiger partial charge in [0.25, 0.3) is 5.91 Å². The molecule has 1 amide bonds. The standard InChI is InChI=1S/C13H15N3O2/c1-10-2-3-11(12(17)8-10)13(18)15-5-7-16-6-4-14-9-16/h2-4,6,8-9,17H,5,7H2,1H3,(H,15,18). The lowest BCUT2D eigenvalue weighted by Gasteiger charge is -2.07. The van der Waals surface area contributed by atoms with Crippen LogP contribution in [0.5, 0.6) is 5.75 Å². The Morgan fingerprint density at radius 2 is 2.33 bits per heavy atom. The number of amides is 1. The Labute approximate surface area is 105 Å². The fraction of sp³-hybridized carbons (Fsp3) is 0.231. The molecule has 1 aromatic carbocycles. The molecule has 2 rings (SSSR count). The van der Waals surface area contributed by atoms with Crippen LogP contribution in [0, 0.1) is 6.92 Å². The van der Waals surface area contributed by atoms with Gasteiger partial charge in [0.1, 0.15) is 5.75 Å². The molecule has 0 saturated carbocycles. The summed E-state index contributed by atoms with van der Waals surface area (Å²) in [5, 5.41) is 12.4. The van der Waals surface area contributed by atoms with Gasteiger partial charge in [-0.15, -0.1) is 0 Å². The highest BCUT2D eigenvalue weighted by Gasteiger charge is 2.09. The van der Waals surface area contributed by atoms with Crippen LogP contribution < -0.4 is 5.32 Å². The highest BCUT2D eigenvalue weighted by Crippen LogP contribution is 2.17. The molecule has 0 fully saturated rings. The van der Waals surface area contributed by atoms with Gasteiger partial charge in [0.15, 0.2) is 0 Å². The van der Waals surface area contributed by atoms with Crippen LogP contribution in [0.25, 0.3) is 0 Å². The zero-order chi connectivity index (χ0) is 13.0. The number of imidazole rings is 1. The molecule has 0 aliphatic rings. The second-order valence-electron chi connectivity index (χ2n) is 4.08. The fourth-order valence-corrected chi connectivity index (χ4v) is 1.65. The van der Waals surface area contributed by atoms with Gasteiger partial charge in [-0.25, -0.2) is 4.98 Å². The lowest BCUT2D eigenvalue weighted by atomic mass is 10.1. The number of phenols is 1. The second-order valence-corrected chi connectivity index (χ2v) is 4.08. The first-order valence-corrected chi connectivity index (χ1v) is 5.70. The first kappa shape index (κ1) is 12.2. The number of aromatic hydroxyl groups is 1. The molecule has 94 valence electrons. The third kappa shape index (κ3) is 2.88. The van der Waals surface area contributed by atoms with Gasteiger partial charge < -0.3 is 15.0 Å². The summed E-state index contributed by atoms with van der Waals surface area (Å²) < 4.78 is 1.87. The van der Waals surface area contributed by atoms with Gasteiger partial charge in [-0.05, 0) is 24.6 Å².